The van der Waals surface area contributed by atoms with E-state index in [0.29, 0.717) is 13.1 Å². The fraction of sp³-hybridized carbons (Fsp3) is 0.533. The number of rotatable bonds is 4. The maximum Gasteiger partial charge on any atom is 0.315 e. The molecule has 0 N–H and O–H groups in total. The normalized spacial score (nSPS) is 22.4. The minimum atomic E-state index is -3.03. The molecule has 0 spiro atoms. The van der Waals surface area contributed by atoms with Crippen LogP contribution in [0.3, 0.4) is 0 Å². The lowest BCUT2D eigenvalue weighted by Crippen LogP contribution is -2.51. The van der Waals surface area contributed by atoms with Gasteiger partial charge in [-0.25, -0.2) is 8.78 Å². The number of hydrogen-bond donors (Lipinski definition) is 0. The molecule has 1 atom stereocenters. The first-order valence-corrected chi connectivity index (χ1v) is 6.83. The molecule has 1 heterocycles. The number of carbonyl (C=O) groups is 1. The van der Waals surface area contributed by atoms with E-state index in [0.717, 1.165) is 5.56 Å². The number of piperidine rings is 1. The smallest absolute Gasteiger partial charge is 0.315 e. The van der Waals surface area contributed by atoms with Gasteiger partial charge in [0.2, 0.25) is 0 Å². The highest BCUT2D eigenvalue weighted by molar-refractivity contribution is 5.73. The molecular formula is C15H19F2NO2. The summed E-state index contributed by atoms with van der Waals surface area (Å²) in [5.41, 5.74) is 0.998. The van der Waals surface area contributed by atoms with E-state index in [-0.39, 0.29) is 13.0 Å². The van der Waals surface area contributed by atoms with Gasteiger partial charge < -0.3 is 4.74 Å². The van der Waals surface area contributed by atoms with Gasteiger partial charge in [0.15, 0.2) is 0 Å². The molecule has 3 nitrogen and oxygen atoms in total. The van der Waals surface area contributed by atoms with Crippen molar-refractivity contribution in [2.45, 2.75) is 25.8 Å². The van der Waals surface area contributed by atoms with Crippen molar-refractivity contribution in [1.29, 1.82) is 0 Å². The van der Waals surface area contributed by atoms with E-state index in [1.807, 2.05) is 30.3 Å². The van der Waals surface area contributed by atoms with Crippen LogP contribution in [0.4, 0.5) is 8.78 Å². The molecule has 0 unspecified atom stereocenters. The van der Waals surface area contributed by atoms with Gasteiger partial charge in [0, 0.05) is 6.54 Å². The van der Waals surface area contributed by atoms with Crippen molar-refractivity contribution in [1.82, 2.24) is 4.90 Å². The first kappa shape index (κ1) is 14.9. The van der Waals surface area contributed by atoms with E-state index in [1.165, 1.54) is 0 Å². The Morgan fingerprint density at radius 3 is 2.70 bits per heavy atom. The van der Waals surface area contributed by atoms with Crippen LogP contribution in [-0.2, 0) is 16.1 Å². The molecule has 0 saturated carbocycles. The molecule has 1 aromatic carbocycles. The number of alkyl halides is 2. The predicted octanol–water partition coefficient (Wildman–Crippen LogP) is 2.71. The lowest BCUT2D eigenvalue weighted by Gasteiger charge is -2.37. The van der Waals surface area contributed by atoms with Crippen molar-refractivity contribution in [3.8, 4) is 0 Å². The van der Waals surface area contributed by atoms with Crippen LogP contribution in [0.5, 0.6) is 0 Å². The van der Waals surface area contributed by atoms with E-state index < -0.39 is 24.4 Å². The lowest BCUT2D eigenvalue weighted by molar-refractivity contribution is -0.173. The van der Waals surface area contributed by atoms with Gasteiger partial charge >= 0.3 is 5.97 Å². The van der Waals surface area contributed by atoms with Crippen LogP contribution in [0, 0.1) is 5.92 Å². The van der Waals surface area contributed by atoms with Crippen molar-refractivity contribution in [3.05, 3.63) is 35.9 Å². The van der Waals surface area contributed by atoms with E-state index in [2.05, 4.69) is 0 Å². The Labute approximate surface area is 117 Å². The summed E-state index contributed by atoms with van der Waals surface area (Å²) in [5, 5.41) is 0. The molecule has 20 heavy (non-hydrogen) atoms. The van der Waals surface area contributed by atoms with Gasteiger partial charge in [-0.3, -0.25) is 9.69 Å². The van der Waals surface area contributed by atoms with Gasteiger partial charge in [-0.15, -0.1) is 0 Å². The standard InChI is InChI=1S/C15H19F2NO2/c1-2-20-14(19)13-8-9-18(11-15(13,16)17)10-12-6-4-3-5-7-12/h3-7,13H,2,8-11H2,1H3/t13-/m1/s1. The Hall–Kier alpha value is -1.49. The zero-order valence-corrected chi connectivity index (χ0v) is 11.5. The molecule has 0 bridgehead atoms. The summed E-state index contributed by atoms with van der Waals surface area (Å²) >= 11 is 0. The van der Waals surface area contributed by atoms with Crippen LogP contribution in [0.15, 0.2) is 30.3 Å². The SMILES string of the molecule is CCOC(=O)[C@H]1CCN(Cc2ccccc2)CC1(F)F. The molecule has 1 aromatic rings. The van der Waals surface area contributed by atoms with E-state index in [9.17, 15) is 13.6 Å². The number of hydrogen-bond acceptors (Lipinski definition) is 3. The van der Waals surface area contributed by atoms with Gasteiger partial charge in [-0.2, -0.15) is 0 Å². The summed E-state index contributed by atoms with van der Waals surface area (Å²) in [6.45, 7) is 2.32. The molecule has 0 radical (unpaired) electrons. The van der Waals surface area contributed by atoms with Crippen molar-refractivity contribution < 1.29 is 18.3 Å². The first-order valence-electron chi connectivity index (χ1n) is 6.83. The number of carbonyl (C=O) groups excluding carboxylic acids is 1. The second-order valence-electron chi connectivity index (χ2n) is 5.05. The predicted molar refractivity (Wildman–Crippen MR) is 71.4 cm³/mol. The average Bonchev–Trinajstić information content (AvgIpc) is 2.39. The van der Waals surface area contributed by atoms with Crippen LogP contribution >= 0.6 is 0 Å². The van der Waals surface area contributed by atoms with Gasteiger partial charge in [-0.05, 0) is 25.5 Å². The Kier molecular flexibility index (Phi) is 4.70. The molecule has 5 heteroatoms. The highest BCUT2D eigenvalue weighted by atomic mass is 19.3. The fourth-order valence-electron chi connectivity index (χ4n) is 2.52. The van der Waals surface area contributed by atoms with Gasteiger partial charge in [0.05, 0.1) is 13.2 Å². The minimum absolute atomic E-state index is 0.138. The number of nitrogens with zero attached hydrogens (tertiary/aromatic N) is 1. The lowest BCUT2D eigenvalue weighted by atomic mass is 9.92. The van der Waals surface area contributed by atoms with Crippen LogP contribution in [0.2, 0.25) is 0 Å². The summed E-state index contributed by atoms with van der Waals surface area (Å²) in [4.78, 5) is 13.2. The molecule has 0 aromatic heterocycles. The monoisotopic (exact) mass is 283 g/mol. The summed E-state index contributed by atoms with van der Waals surface area (Å²) in [6, 6.07) is 9.49. The summed E-state index contributed by atoms with van der Waals surface area (Å²) in [5.74, 6) is -5.12. The Bertz CT molecular complexity index is 450. The molecule has 1 aliphatic rings. The third kappa shape index (κ3) is 3.54. The molecule has 1 fully saturated rings. The van der Waals surface area contributed by atoms with E-state index in [1.54, 1.807) is 11.8 Å². The summed E-state index contributed by atoms with van der Waals surface area (Å²) in [7, 11) is 0. The third-order valence-corrected chi connectivity index (χ3v) is 3.50. The topological polar surface area (TPSA) is 29.5 Å². The first-order chi connectivity index (χ1) is 9.53. The highest BCUT2D eigenvalue weighted by Crippen LogP contribution is 2.34. The minimum Gasteiger partial charge on any atom is -0.466 e. The van der Waals surface area contributed by atoms with Crippen molar-refractivity contribution in [2.75, 3.05) is 19.7 Å². The Balaban J connectivity index is 1.97. The van der Waals surface area contributed by atoms with E-state index >= 15 is 0 Å². The number of esters is 1. The zero-order chi connectivity index (χ0) is 14.6. The third-order valence-electron chi connectivity index (χ3n) is 3.50. The van der Waals surface area contributed by atoms with Gasteiger partial charge in [0.25, 0.3) is 5.92 Å². The number of benzene rings is 1. The van der Waals surface area contributed by atoms with Crippen LogP contribution in [0.25, 0.3) is 0 Å². The second kappa shape index (κ2) is 6.31. The number of ether oxygens (including phenoxy) is 1. The maximum absolute atomic E-state index is 14.1. The van der Waals surface area contributed by atoms with Crippen molar-refractivity contribution in [2.24, 2.45) is 5.92 Å². The second-order valence-corrected chi connectivity index (χ2v) is 5.05. The molecule has 1 saturated heterocycles. The average molecular weight is 283 g/mol. The quantitative estimate of drug-likeness (QED) is 0.796. The molecule has 2 rings (SSSR count). The zero-order valence-electron chi connectivity index (χ0n) is 11.5. The maximum atomic E-state index is 14.1. The molecule has 0 aliphatic carbocycles. The van der Waals surface area contributed by atoms with Gasteiger partial charge in [-0.1, -0.05) is 30.3 Å². The van der Waals surface area contributed by atoms with Crippen LogP contribution in [-0.4, -0.2) is 36.5 Å². The van der Waals surface area contributed by atoms with Crippen LogP contribution < -0.4 is 0 Å². The molecule has 1 aliphatic heterocycles. The largest absolute Gasteiger partial charge is 0.466 e. The Morgan fingerprint density at radius 1 is 1.40 bits per heavy atom. The van der Waals surface area contributed by atoms with Crippen LogP contribution in [0.1, 0.15) is 18.9 Å². The molecule has 110 valence electrons. The number of likely N-dealkylation sites (tertiary alicyclic amines) is 1. The highest BCUT2D eigenvalue weighted by Gasteiger charge is 2.49. The van der Waals surface area contributed by atoms with Crippen molar-refractivity contribution >= 4 is 5.97 Å². The molecular weight excluding hydrogens is 264 g/mol. The number of halogens is 2. The summed E-state index contributed by atoms with van der Waals surface area (Å²) < 4.78 is 32.8. The Morgan fingerprint density at radius 2 is 2.10 bits per heavy atom. The van der Waals surface area contributed by atoms with E-state index in [4.69, 9.17) is 4.74 Å². The molecule has 0 amide bonds. The van der Waals surface area contributed by atoms with Crippen molar-refractivity contribution in [3.63, 3.8) is 0 Å². The van der Waals surface area contributed by atoms with Gasteiger partial charge in [0.1, 0.15) is 5.92 Å². The fourth-order valence-corrected chi connectivity index (χ4v) is 2.52. The summed E-state index contributed by atoms with van der Waals surface area (Å²) in [6.07, 6.45) is 0.138.